The number of rotatable bonds is 7. The fraction of sp³-hybridized carbons (Fsp3) is 0.571. The number of hydrogen-bond donors (Lipinski definition) is 2. The second-order valence-electron chi connectivity index (χ2n) is 7.52. The second kappa shape index (κ2) is 11.6. The van der Waals surface area contributed by atoms with Gasteiger partial charge in [-0.25, -0.2) is 4.99 Å². The third-order valence-electron chi connectivity index (χ3n) is 5.63. The molecule has 0 bridgehead atoms. The van der Waals surface area contributed by atoms with E-state index >= 15 is 0 Å². The molecule has 1 aromatic heterocycles. The number of guanidine groups is 1. The molecule has 2 heterocycles. The molecule has 0 amide bonds. The van der Waals surface area contributed by atoms with Gasteiger partial charge in [0.1, 0.15) is 12.4 Å². The average Bonchev–Trinajstić information content (AvgIpc) is 3.09. The first kappa shape index (κ1) is 24.5. The van der Waals surface area contributed by atoms with Gasteiger partial charge in [-0.3, -0.25) is 0 Å². The van der Waals surface area contributed by atoms with Crippen molar-refractivity contribution < 1.29 is 9.47 Å². The highest BCUT2D eigenvalue weighted by molar-refractivity contribution is 14.0. The third kappa shape index (κ3) is 6.39. The summed E-state index contributed by atoms with van der Waals surface area (Å²) in [4.78, 5) is 4.77. The molecular weight excluding hydrogens is 495 g/mol. The Kier molecular flexibility index (Phi) is 9.50. The van der Waals surface area contributed by atoms with Gasteiger partial charge in [0, 0.05) is 46.8 Å². The molecular formula is C21H33IN6O2. The molecule has 1 unspecified atom stereocenters. The molecule has 1 aromatic carbocycles. The number of halogens is 1. The number of hydrogen-bond acceptors (Lipinski definition) is 5. The zero-order valence-corrected chi connectivity index (χ0v) is 20.6. The Hall–Kier alpha value is -1.72. The van der Waals surface area contributed by atoms with E-state index in [9.17, 15) is 0 Å². The van der Waals surface area contributed by atoms with Gasteiger partial charge in [-0.15, -0.1) is 34.2 Å². The van der Waals surface area contributed by atoms with E-state index in [2.05, 4.69) is 39.9 Å². The van der Waals surface area contributed by atoms with E-state index in [0.717, 1.165) is 30.5 Å². The van der Waals surface area contributed by atoms with E-state index in [4.69, 9.17) is 14.5 Å². The van der Waals surface area contributed by atoms with Crippen LogP contribution in [-0.2, 0) is 23.1 Å². The van der Waals surface area contributed by atoms with Crippen molar-refractivity contribution in [2.45, 2.75) is 44.9 Å². The van der Waals surface area contributed by atoms with E-state index in [1.807, 2.05) is 36.7 Å². The molecule has 0 spiro atoms. The van der Waals surface area contributed by atoms with Crippen molar-refractivity contribution in [2.24, 2.45) is 12.0 Å². The number of ether oxygens (including phenoxy) is 2. The Morgan fingerprint density at radius 3 is 2.57 bits per heavy atom. The van der Waals surface area contributed by atoms with Crippen molar-refractivity contribution in [2.75, 3.05) is 26.9 Å². The van der Waals surface area contributed by atoms with Crippen molar-refractivity contribution in [3.8, 4) is 0 Å². The minimum absolute atomic E-state index is 0. The maximum Gasteiger partial charge on any atom is 0.192 e. The molecule has 1 saturated heterocycles. The van der Waals surface area contributed by atoms with Crippen LogP contribution in [-0.4, -0.2) is 53.2 Å². The molecule has 3 rings (SSSR count). The molecule has 30 heavy (non-hydrogen) atoms. The Morgan fingerprint density at radius 2 is 1.97 bits per heavy atom. The molecule has 0 radical (unpaired) electrons. The van der Waals surface area contributed by atoms with E-state index in [0.29, 0.717) is 26.3 Å². The predicted molar refractivity (Wildman–Crippen MR) is 128 cm³/mol. The fourth-order valence-corrected chi connectivity index (χ4v) is 3.36. The summed E-state index contributed by atoms with van der Waals surface area (Å²) in [5, 5.41) is 15.3. The van der Waals surface area contributed by atoms with E-state index in [1.54, 1.807) is 7.11 Å². The largest absolute Gasteiger partial charge is 0.381 e. The first-order chi connectivity index (χ1) is 14.0. The van der Waals surface area contributed by atoms with Gasteiger partial charge in [-0.1, -0.05) is 30.3 Å². The third-order valence-corrected chi connectivity index (χ3v) is 5.63. The van der Waals surface area contributed by atoms with E-state index in [1.165, 1.54) is 5.56 Å². The zero-order valence-electron chi connectivity index (χ0n) is 18.2. The van der Waals surface area contributed by atoms with Crippen molar-refractivity contribution in [3.63, 3.8) is 0 Å². The van der Waals surface area contributed by atoms with Crippen LogP contribution in [0.2, 0.25) is 0 Å². The lowest BCUT2D eigenvalue weighted by Gasteiger charge is -2.36. The first-order valence-electron chi connectivity index (χ1n) is 10.1. The number of nitrogens with zero attached hydrogens (tertiary/aromatic N) is 4. The molecule has 1 aliphatic rings. The van der Waals surface area contributed by atoms with Gasteiger partial charge in [0.15, 0.2) is 11.8 Å². The summed E-state index contributed by atoms with van der Waals surface area (Å²) in [5.41, 5.74) is 0.960. The number of methoxy groups -OCH3 is 1. The lowest BCUT2D eigenvalue weighted by Crippen LogP contribution is -2.51. The highest BCUT2D eigenvalue weighted by Crippen LogP contribution is 2.23. The van der Waals surface area contributed by atoms with Gasteiger partial charge in [0.25, 0.3) is 0 Å². The molecule has 2 aromatic rings. The molecule has 0 aliphatic carbocycles. The Morgan fingerprint density at radius 1 is 1.27 bits per heavy atom. The topological polar surface area (TPSA) is 85.6 Å². The second-order valence-corrected chi connectivity index (χ2v) is 7.52. The van der Waals surface area contributed by atoms with Gasteiger partial charge < -0.3 is 24.7 Å². The lowest BCUT2D eigenvalue weighted by atomic mass is 9.94. The van der Waals surface area contributed by atoms with Gasteiger partial charge in [-0.2, -0.15) is 0 Å². The van der Waals surface area contributed by atoms with Crippen LogP contribution in [0.15, 0.2) is 35.3 Å². The van der Waals surface area contributed by atoms with Gasteiger partial charge in [-0.05, 0) is 19.4 Å². The molecule has 1 atom stereocenters. The first-order valence-corrected chi connectivity index (χ1v) is 10.1. The Labute approximate surface area is 195 Å². The number of aromatic nitrogens is 3. The number of aryl methyl sites for hydroxylation is 1. The lowest BCUT2D eigenvalue weighted by molar-refractivity contribution is -0.0855. The molecule has 1 fully saturated rings. The minimum atomic E-state index is -0.238. The summed E-state index contributed by atoms with van der Waals surface area (Å²) < 4.78 is 13.3. The van der Waals surface area contributed by atoms with Crippen LogP contribution in [0.25, 0.3) is 0 Å². The molecule has 9 heteroatoms. The smallest absolute Gasteiger partial charge is 0.192 e. The summed E-state index contributed by atoms with van der Waals surface area (Å²) >= 11 is 0. The van der Waals surface area contributed by atoms with Crippen LogP contribution in [0, 0.1) is 6.92 Å². The van der Waals surface area contributed by atoms with Crippen LogP contribution in [0.1, 0.15) is 43.0 Å². The molecule has 8 nitrogen and oxygen atoms in total. The van der Waals surface area contributed by atoms with Crippen molar-refractivity contribution in [3.05, 3.63) is 47.5 Å². The van der Waals surface area contributed by atoms with Crippen molar-refractivity contribution >= 4 is 29.9 Å². The van der Waals surface area contributed by atoms with E-state index < -0.39 is 0 Å². The molecule has 2 N–H and O–H groups in total. The summed E-state index contributed by atoms with van der Waals surface area (Å²) in [7, 11) is 3.72. The monoisotopic (exact) mass is 528 g/mol. The zero-order chi connectivity index (χ0) is 20.7. The Balaban J connectivity index is 0.00000320. The summed E-state index contributed by atoms with van der Waals surface area (Å²) in [6.45, 7) is 6.60. The van der Waals surface area contributed by atoms with E-state index in [-0.39, 0.29) is 35.6 Å². The molecule has 1 aliphatic heterocycles. The van der Waals surface area contributed by atoms with Gasteiger partial charge >= 0.3 is 0 Å². The maximum absolute atomic E-state index is 5.85. The van der Waals surface area contributed by atoms with Crippen molar-refractivity contribution in [1.29, 1.82) is 0 Å². The predicted octanol–water partition coefficient (Wildman–Crippen LogP) is 2.73. The molecule has 166 valence electrons. The highest BCUT2D eigenvalue weighted by atomic mass is 127. The van der Waals surface area contributed by atoms with Gasteiger partial charge in [0.05, 0.1) is 11.6 Å². The van der Waals surface area contributed by atoms with Crippen LogP contribution >= 0.6 is 24.0 Å². The number of benzene rings is 1. The quantitative estimate of drug-likeness (QED) is 0.327. The number of aliphatic imine (C=N–C) groups is 1. The average molecular weight is 528 g/mol. The van der Waals surface area contributed by atoms with Crippen LogP contribution in [0.3, 0.4) is 0 Å². The summed E-state index contributed by atoms with van der Waals surface area (Å²) in [6, 6.07) is 10.4. The normalized spacial score (nSPS) is 17.1. The number of nitrogens with one attached hydrogen (secondary N) is 2. The fourth-order valence-electron chi connectivity index (χ4n) is 3.36. The van der Waals surface area contributed by atoms with Gasteiger partial charge in [0.2, 0.25) is 0 Å². The van der Waals surface area contributed by atoms with Crippen LogP contribution in [0.5, 0.6) is 0 Å². The summed E-state index contributed by atoms with van der Waals surface area (Å²) in [5.74, 6) is 2.42. The highest BCUT2D eigenvalue weighted by Gasteiger charge is 2.32. The molecule has 0 saturated carbocycles. The standard InChI is InChI=1S/C21H32N6O2.HI/c1-16(18-8-6-5-7-9-18)24-20(22-14-19-26-25-17(2)27(19)3)23-15-21(28-4)10-12-29-13-11-21;/h5-9,16H,10-15H2,1-4H3,(H2,22,23,24);1H. The summed E-state index contributed by atoms with van der Waals surface area (Å²) in [6.07, 6.45) is 1.72. The minimum Gasteiger partial charge on any atom is -0.381 e. The van der Waals surface area contributed by atoms with Crippen LogP contribution in [0.4, 0.5) is 0 Å². The van der Waals surface area contributed by atoms with Crippen LogP contribution < -0.4 is 10.6 Å². The SMILES string of the molecule is COC1(CNC(=NCc2nnc(C)n2C)NC(C)c2ccccc2)CCOCC1.I. The Bertz CT molecular complexity index is 805. The maximum atomic E-state index is 5.85. The van der Waals surface area contributed by atoms with Crippen molar-refractivity contribution in [1.82, 2.24) is 25.4 Å².